The molecule has 0 N–H and O–H groups in total. The molecule has 0 saturated carbocycles. The highest BCUT2D eigenvalue weighted by molar-refractivity contribution is 7.93. The normalized spacial score (nSPS) is 14.0. The summed E-state index contributed by atoms with van der Waals surface area (Å²) >= 11 is 0. The molecule has 4 rings (SSSR count). The summed E-state index contributed by atoms with van der Waals surface area (Å²) in [5, 5.41) is 0. The monoisotopic (exact) mass is 521 g/mol. The van der Waals surface area contributed by atoms with Crippen molar-refractivity contribution in [1.82, 2.24) is 0 Å². The molecule has 1 atom stereocenters. The number of carbonyl (C=O) groups is 2. The lowest BCUT2D eigenvalue weighted by Gasteiger charge is -2.30. The number of anilines is 1. The summed E-state index contributed by atoms with van der Waals surface area (Å²) < 4.78 is 39.3. The Balaban J connectivity index is 1.53. The minimum absolute atomic E-state index is 0.0181. The molecule has 0 spiro atoms. The van der Waals surface area contributed by atoms with Crippen molar-refractivity contribution in [1.29, 1.82) is 0 Å². The highest BCUT2D eigenvalue weighted by Gasteiger charge is 2.32. The standard InChI is InChI=1S/C29H31NO6S/c1-4-20(2)21-11-13-23(14-12-21)26(31)19-36-29(32)24-15-16-27(35-3)28(18-24)37(33,34)30-17-7-9-22-8-5-6-10-25(22)30/h5-6,8,10-16,18,20H,4,7,9,17,19H2,1-3H3/t20-/m0/s1. The zero-order valence-corrected chi connectivity index (χ0v) is 22.1. The van der Waals surface area contributed by atoms with Crippen molar-refractivity contribution in [2.45, 2.75) is 43.9 Å². The van der Waals surface area contributed by atoms with E-state index in [1.807, 2.05) is 24.3 Å². The van der Waals surface area contributed by atoms with E-state index < -0.39 is 22.6 Å². The predicted molar refractivity (Wildman–Crippen MR) is 142 cm³/mol. The third-order valence-corrected chi connectivity index (χ3v) is 8.62. The number of hydrogen-bond acceptors (Lipinski definition) is 6. The summed E-state index contributed by atoms with van der Waals surface area (Å²) in [5.74, 6) is -0.615. The van der Waals surface area contributed by atoms with Gasteiger partial charge in [-0.15, -0.1) is 0 Å². The van der Waals surface area contributed by atoms with Crippen molar-refractivity contribution in [3.8, 4) is 5.75 Å². The van der Waals surface area contributed by atoms with Crippen LogP contribution in [0.3, 0.4) is 0 Å². The minimum Gasteiger partial charge on any atom is -0.495 e. The van der Waals surface area contributed by atoms with Crippen LogP contribution in [0.5, 0.6) is 5.75 Å². The van der Waals surface area contributed by atoms with Gasteiger partial charge in [-0.2, -0.15) is 0 Å². The molecule has 1 aliphatic heterocycles. The van der Waals surface area contributed by atoms with E-state index in [4.69, 9.17) is 9.47 Å². The lowest BCUT2D eigenvalue weighted by molar-refractivity contribution is 0.0474. The number of methoxy groups -OCH3 is 1. The Morgan fingerprint density at radius 2 is 1.70 bits per heavy atom. The van der Waals surface area contributed by atoms with E-state index in [2.05, 4.69) is 13.8 Å². The van der Waals surface area contributed by atoms with Gasteiger partial charge in [-0.05, 0) is 60.6 Å². The van der Waals surface area contributed by atoms with Gasteiger partial charge in [-0.1, -0.05) is 56.3 Å². The van der Waals surface area contributed by atoms with E-state index in [1.54, 1.807) is 24.3 Å². The molecule has 7 nitrogen and oxygen atoms in total. The van der Waals surface area contributed by atoms with Gasteiger partial charge in [0, 0.05) is 12.1 Å². The molecular formula is C29H31NO6S. The summed E-state index contributed by atoms with van der Waals surface area (Å²) in [6.45, 7) is 4.09. The van der Waals surface area contributed by atoms with Gasteiger partial charge in [0.25, 0.3) is 10.0 Å². The van der Waals surface area contributed by atoms with Crippen molar-refractivity contribution in [3.63, 3.8) is 0 Å². The van der Waals surface area contributed by atoms with Crippen LogP contribution in [0.4, 0.5) is 5.69 Å². The third-order valence-electron chi connectivity index (χ3n) is 6.78. The fraction of sp³-hybridized carbons (Fsp3) is 0.310. The lowest BCUT2D eigenvalue weighted by Crippen LogP contribution is -2.35. The van der Waals surface area contributed by atoms with Crippen molar-refractivity contribution < 1.29 is 27.5 Å². The molecule has 8 heteroatoms. The number of esters is 1. The SMILES string of the molecule is CC[C@H](C)c1ccc(C(=O)COC(=O)c2ccc(OC)c(S(=O)(=O)N3CCCc4ccccc43)c2)cc1. The molecule has 194 valence electrons. The molecule has 0 radical (unpaired) electrons. The lowest BCUT2D eigenvalue weighted by atomic mass is 9.97. The molecule has 0 aliphatic carbocycles. The highest BCUT2D eigenvalue weighted by Crippen LogP contribution is 2.35. The van der Waals surface area contributed by atoms with Gasteiger partial charge in [0.2, 0.25) is 0 Å². The Bertz CT molecular complexity index is 1400. The average Bonchev–Trinajstić information content (AvgIpc) is 2.94. The summed E-state index contributed by atoms with van der Waals surface area (Å²) in [6, 6.07) is 18.7. The summed E-state index contributed by atoms with van der Waals surface area (Å²) in [6.07, 6.45) is 2.47. The highest BCUT2D eigenvalue weighted by atomic mass is 32.2. The van der Waals surface area contributed by atoms with Crippen LogP contribution in [0.1, 0.15) is 64.4 Å². The number of ketones is 1. The number of fused-ring (bicyclic) bond motifs is 1. The number of Topliss-reactive ketones (excluding diaryl/α,β-unsaturated/α-hetero) is 1. The van der Waals surface area contributed by atoms with Gasteiger partial charge < -0.3 is 9.47 Å². The van der Waals surface area contributed by atoms with Gasteiger partial charge in [0.1, 0.15) is 10.6 Å². The second-order valence-corrected chi connectivity index (χ2v) is 10.9. The van der Waals surface area contributed by atoms with E-state index in [1.165, 1.54) is 29.6 Å². The number of para-hydroxylation sites is 1. The van der Waals surface area contributed by atoms with Crippen LogP contribution in [0.15, 0.2) is 71.6 Å². The Kier molecular flexibility index (Phi) is 7.97. The summed E-state index contributed by atoms with van der Waals surface area (Å²) in [7, 11) is -2.65. The van der Waals surface area contributed by atoms with Gasteiger partial charge in [-0.3, -0.25) is 9.10 Å². The Hall–Kier alpha value is -3.65. The van der Waals surface area contributed by atoms with Crippen molar-refractivity contribution in [2.24, 2.45) is 0 Å². The van der Waals surface area contributed by atoms with Crippen LogP contribution in [-0.4, -0.2) is 40.4 Å². The maximum atomic E-state index is 13.7. The van der Waals surface area contributed by atoms with Crippen LogP contribution in [0.25, 0.3) is 0 Å². The van der Waals surface area contributed by atoms with Crippen molar-refractivity contribution in [3.05, 3.63) is 89.0 Å². The van der Waals surface area contributed by atoms with Crippen molar-refractivity contribution >= 4 is 27.5 Å². The number of nitrogens with zero attached hydrogens (tertiary/aromatic N) is 1. The maximum absolute atomic E-state index is 13.7. The van der Waals surface area contributed by atoms with Crippen LogP contribution in [-0.2, 0) is 21.2 Å². The molecule has 0 saturated heterocycles. The molecule has 1 aliphatic rings. The number of ether oxygens (including phenoxy) is 2. The molecule has 0 aromatic heterocycles. The molecular weight excluding hydrogens is 490 g/mol. The molecule has 0 fully saturated rings. The van der Waals surface area contributed by atoms with Crippen LogP contribution in [0.2, 0.25) is 0 Å². The van der Waals surface area contributed by atoms with Crippen LogP contribution in [0, 0.1) is 0 Å². The first-order valence-corrected chi connectivity index (χ1v) is 13.8. The first-order chi connectivity index (χ1) is 17.8. The van der Waals surface area contributed by atoms with Gasteiger partial charge in [0.05, 0.1) is 18.4 Å². The van der Waals surface area contributed by atoms with E-state index in [0.29, 0.717) is 30.1 Å². The summed E-state index contributed by atoms with van der Waals surface area (Å²) in [4.78, 5) is 25.2. The fourth-order valence-electron chi connectivity index (χ4n) is 4.40. The smallest absolute Gasteiger partial charge is 0.338 e. The number of sulfonamides is 1. The second kappa shape index (κ2) is 11.2. The first kappa shape index (κ1) is 26.4. The Morgan fingerprint density at radius 1 is 1.00 bits per heavy atom. The molecule has 1 heterocycles. The minimum atomic E-state index is -4.03. The largest absolute Gasteiger partial charge is 0.495 e. The van der Waals surface area contributed by atoms with Gasteiger partial charge >= 0.3 is 5.97 Å². The molecule has 3 aromatic rings. The predicted octanol–water partition coefficient (Wildman–Crippen LogP) is 5.39. The maximum Gasteiger partial charge on any atom is 0.338 e. The number of benzene rings is 3. The van der Waals surface area contributed by atoms with Crippen molar-refractivity contribution in [2.75, 3.05) is 24.6 Å². The molecule has 37 heavy (non-hydrogen) atoms. The van der Waals surface area contributed by atoms with Crippen LogP contribution >= 0.6 is 0 Å². The van der Waals surface area contributed by atoms with Gasteiger partial charge in [-0.25, -0.2) is 13.2 Å². The average molecular weight is 522 g/mol. The second-order valence-electron chi connectivity index (χ2n) is 9.11. The topological polar surface area (TPSA) is 90.0 Å². The number of carbonyl (C=O) groups excluding carboxylic acids is 2. The third kappa shape index (κ3) is 5.54. The molecule has 0 unspecified atom stereocenters. The Morgan fingerprint density at radius 3 is 2.41 bits per heavy atom. The number of aryl methyl sites for hydroxylation is 1. The van der Waals surface area contributed by atoms with E-state index >= 15 is 0 Å². The molecule has 3 aromatic carbocycles. The Labute approximate surface area is 218 Å². The first-order valence-electron chi connectivity index (χ1n) is 12.3. The zero-order valence-electron chi connectivity index (χ0n) is 21.3. The fourth-order valence-corrected chi connectivity index (χ4v) is 6.13. The van der Waals surface area contributed by atoms with E-state index in [-0.39, 0.29) is 22.0 Å². The molecule has 0 bridgehead atoms. The summed E-state index contributed by atoms with van der Waals surface area (Å²) in [5.41, 5.74) is 3.17. The van der Waals surface area contributed by atoms with Gasteiger partial charge in [0.15, 0.2) is 12.4 Å². The quantitative estimate of drug-likeness (QED) is 0.277. The van der Waals surface area contributed by atoms with Crippen LogP contribution < -0.4 is 9.04 Å². The van der Waals surface area contributed by atoms with E-state index in [9.17, 15) is 18.0 Å². The molecule has 0 amide bonds. The zero-order chi connectivity index (χ0) is 26.6. The van der Waals surface area contributed by atoms with E-state index in [0.717, 1.165) is 24.0 Å². The number of rotatable bonds is 9. The number of hydrogen-bond donors (Lipinski definition) is 0.